The summed E-state index contributed by atoms with van der Waals surface area (Å²) in [5.41, 5.74) is 0. The molecule has 3 nitrogen and oxygen atoms in total. The van der Waals surface area contributed by atoms with E-state index in [0.29, 0.717) is 24.3 Å². The molecule has 1 N–H and O–H groups in total. The highest BCUT2D eigenvalue weighted by Crippen LogP contribution is 2.17. The molecule has 1 aliphatic heterocycles. The third kappa shape index (κ3) is 5.07. The quantitative estimate of drug-likeness (QED) is 0.799. The molecule has 0 aliphatic carbocycles. The van der Waals surface area contributed by atoms with E-state index >= 15 is 0 Å². The average molecular weight is 240 g/mol. The van der Waals surface area contributed by atoms with Gasteiger partial charge in [-0.2, -0.15) is 0 Å². The first-order chi connectivity index (χ1) is 8.02. The Bertz CT molecular complexity index is 240. The molecule has 17 heavy (non-hydrogen) atoms. The second-order valence-electron chi connectivity index (χ2n) is 5.83. The molecule has 100 valence electrons. The minimum absolute atomic E-state index is 0.298. The van der Waals surface area contributed by atoms with Crippen molar-refractivity contribution >= 4 is 5.91 Å². The normalized spacial score (nSPS) is 25.4. The molecule has 0 saturated carbocycles. The molecule has 0 spiro atoms. The number of rotatable bonds is 5. The van der Waals surface area contributed by atoms with Gasteiger partial charge in [0.15, 0.2) is 0 Å². The van der Waals surface area contributed by atoms with Crippen molar-refractivity contribution < 1.29 is 4.79 Å². The van der Waals surface area contributed by atoms with E-state index in [2.05, 4.69) is 26.1 Å². The fraction of sp³-hybridized carbons (Fsp3) is 0.929. The Kier molecular flexibility index (Phi) is 5.96. The third-order valence-electron chi connectivity index (χ3n) is 3.47. The molecule has 0 radical (unpaired) electrons. The summed E-state index contributed by atoms with van der Waals surface area (Å²) in [6, 6.07) is 0.494. The van der Waals surface area contributed by atoms with Gasteiger partial charge < -0.3 is 10.2 Å². The zero-order chi connectivity index (χ0) is 12.8. The molecule has 1 amide bonds. The minimum atomic E-state index is 0.298. The first kappa shape index (κ1) is 14.5. The van der Waals surface area contributed by atoms with Gasteiger partial charge in [-0.05, 0) is 31.2 Å². The lowest BCUT2D eigenvalue weighted by Crippen LogP contribution is -2.50. The van der Waals surface area contributed by atoms with Crippen molar-refractivity contribution in [2.45, 2.75) is 53.0 Å². The molecule has 1 rings (SSSR count). The SMILES string of the molecule is CCC(=O)N1CC(C)CC(NCCC(C)C)C1. The molecule has 3 heteroatoms. The van der Waals surface area contributed by atoms with Crippen molar-refractivity contribution in [3.05, 3.63) is 0 Å². The van der Waals surface area contributed by atoms with Gasteiger partial charge in [0.1, 0.15) is 0 Å². The van der Waals surface area contributed by atoms with Crippen LogP contribution in [0.1, 0.15) is 47.0 Å². The number of hydrogen-bond donors (Lipinski definition) is 1. The lowest BCUT2D eigenvalue weighted by molar-refractivity contribution is -0.133. The van der Waals surface area contributed by atoms with E-state index in [1.807, 2.05) is 11.8 Å². The van der Waals surface area contributed by atoms with Crippen molar-refractivity contribution in [2.75, 3.05) is 19.6 Å². The summed E-state index contributed by atoms with van der Waals surface area (Å²) in [4.78, 5) is 13.8. The number of nitrogens with one attached hydrogen (secondary N) is 1. The number of carbonyl (C=O) groups excluding carboxylic acids is 1. The second-order valence-corrected chi connectivity index (χ2v) is 5.83. The fourth-order valence-electron chi connectivity index (χ4n) is 2.50. The van der Waals surface area contributed by atoms with E-state index in [0.717, 1.165) is 25.6 Å². The van der Waals surface area contributed by atoms with Gasteiger partial charge in [0.05, 0.1) is 0 Å². The van der Waals surface area contributed by atoms with E-state index in [1.165, 1.54) is 12.8 Å². The van der Waals surface area contributed by atoms with Crippen LogP contribution in [0.4, 0.5) is 0 Å². The van der Waals surface area contributed by atoms with Crippen molar-refractivity contribution in [3.63, 3.8) is 0 Å². The van der Waals surface area contributed by atoms with E-state index in [9.17, 15) is 4.79 Å². The molecule has 2 atom stereocenters. The Hall–Kier alpha value is -0.570. The summed E-state index contributed by atoms with van der Waals surface area (Å²) < 4.78 is 0. The number of amides is 1. The van der Waals surface area contributed by atoms with Gasteiger partial charge in [-0.1, -0.05) is 27.7 Å². The topological polar surface area (TPSA) is 32.3 Å². The Labute approximate surface area is 106 Å². The molecule has 0 aromatic heterocycles. The van der Waals surface area contributed by atoms with E-state index in [4.69, 9.17) is 0 Å². The number of carbonyl (C=O) groups is 1. The molecular formula is C14H28N2O. The Morgan fingerprint density at radius 1 is 1.41 bits per heavy atom. The van der Waals surface area contributed by atoms with E-state index < -0.39 is 0 Å². The van der Waals surface area contributed by atoms with Crippen LogP contribution >= 0.6 is 0 Å². The highest BCUT2D eigenvalue weighted by atomic mass is 16.2. The second kappa shape index (κ2) is 7.00. The average Bonchev–Trinajstić information content (AvgIpc) is 2.26. The summed E-state index contributed by atoms with van der Waals surface area (Å²) in [5, 5.41) is 3.60. The maximum atomic E-state index is 11.7. The zero-order valence-corrected chi connectivity index (χ0v) is 11.8. The molecule has 0 aromatic rings. The molecular weight excluding hydrogens is 212 g/mol. The summed E-state index contributed by atoms with van der Waals surface area (Å²) in [7, 11) is 0. The van der Waals surface area contributed by atoms with Crippen LogP contribution in [0.25, 0.3) is 0 Å². The molecule has 1 heterocycles. The first-order valence-electron chi connectivity index (χ1n) is 7.04. The number of hydrogen-bond acceptors (Lipinski definition) is 2. The molecule has 1 aliphatic rings. The van der Waals surface area contributed by atoms with Crippen LogP contribution in [0.5, 0.6) is 0 Å². The van der Waals surface area contributed by atoms with Gasteiger partial charge in [-0.15, -0.1) is 0 Å². The monoisotopic (exact) mass is 240 g/mol. The van der Waals surface area contributed by atoms with Crippen LogP contribution in [0.2, 0.25) is 0 Å². The van der Waals surface area contributed by atoms with Crippen LogP contribution in [0.3, 0.4) is 0 Å². The Morgan fingerprint density at radius 2 is 2.12 bits per heavy atom. The van der Waals surface area contributed by atoms with Crippen LogP contribution < -0.4 is 5.32 Å². The number of piperidine rings is 1. The van der Waals surface area contributed by atoms with Gasteiger partial charge in [0.25, 0.3) is 0 Å². The number of likely N-dealkylation sites (tertiary alicyclic amines) is 1. The van der Waals surface area contributed by atoms with Crippen molar-refractivity contribution in [1.29, 1.82) is 0 Å². The predicted octanol–water partition coefficient (Wildman–Crippen LogP) is 2.27. The lowest BCUT2D eigenvalue weighted by Gasteiger charge is -2.37. The summed E-state index contributed by atoms with van der Waals surface area (Å²) >= 11 is 0. The zero-order valence-electron chi connectivity index (χ0n) is 11.8. The molecule has 0 bridgehead atoms. The Morgan fingerprint density at radius 3 is 2.71 bits per heavy atom. The maximum Gasteiger partial charge on any atom is 0.222 e. The van der Waals surface area contributed by atoms with Crippen molar-refractivity contribution in [3.8, 4) is 0 Å². The molecule has 0 aromatic carbocycles. The number of nitrogens with zero attached hydrogens (tertiary/aromatic N) is 1. The predicted molar refractivity (Wildman–Crippen MR) is 71.9 cm³/mol. The van der Waals surface area contributed by atoms with Crippen LogP contribution in [-0.4, -0.2) is 36.5 Å². The summed E-state index contributed by atoms with van der Waals surface area (Å²) in [6.07, 6.45) is 3.05. The molecule has 1 fully saturated rings. The molecule has 1 saturated heterocycles. The fourth-order valence-corrected chi connectivity index (χ4v) is 2.50. The first-order valence-corrected chi connectivity index (χ1v) is 7.04. The largest absolute Gasteiger partial charge is 0.341 e. The smallest absolute Gasteiger partial charge is 0.222 e. The molecule has 2 unspecified atom stereocenters. The van der Waals surface area contributed by atoms with Crippen LogP contribution in [0.15, 0.2) is 0 Å². The van der Waals surface area contributed by atoms with E-state index in [-0.39, 0.29) is 0 Å². The van der Waals surface area contributed by atoms with Gasteiger partial charge in [0, 0.05) is 25.6 Å². The van der Waals surface area contributed by atoms with Crippen LogP contribution in [0, 0.1) is 11.8 Å². The summed E-state index contributed by atoms with van der Waals surface area (Å²) in [6.45, 7) is 11.6. The highest BCUT2D eigenvalue weighted by molar-refractivity contribution is 5.75. The van der Waals surface area contributed by atoms with Gasteiger partial charge in [-0.3, -0.25) is 4.79 Å². The Balaban J connectivity index is 2.37. The van der Waals surface area contributed by atoms with Gasteiger partial charge in [-0.25, -0.2) is 0 Å². The lowest BCUT2D eigenvalue weighted by atomic mass is 9.95. The van der Waals surface area contributed by atoms with Gasteiger partial charge >= 0.3 is 0 Å². The van der Waals surface area contributed by atoms with Crippen molar-refractivity contribution in [1.82, 2.24) is 10.2 Å². The summed E-state index contributed by atoms with van der Waals surface area (Å²) in [5.74, 6) is 1.67. The van der Waals surface area contributed by atoms with Crippen molar-refractivity contribution in [2.24, 2.45) is 11.8 Å². The van der Waals surface area contributed by atoms with Crippen LogP contribution in [-0.2, 0) is 4.79 Å². The maximum absolute atomic E-state index is 11.7. The van der Waals surface area contributed by atoms with E-state index in [1.54, 1.807) is 0 Å². The highest BCUT2D eigenvalue weighted by Gasteiger charge is 2.26. The standard InChI is InChI=1S/C14H28N2O/c1-5-14(17)16-9-12(4)8-13(10-16)15-7-6-11(2)3/h11-13,15H,5-10H2,1-4H3. The third-order valence-corrected chi connectivity index (χ3v) is 3.47. The van der Waals surface area contributed by atoms with Gasteiger partial charge in [0.2, 0.25) is 5.91 Å². The minimum Gasteiger partial charge on any atom is -0.341 e.